The Labute approximate surface area is 110 Å². The number of aryl methyl sites for hydroxylation is 1. The van der Waals surface area contributed by atoms with Crippen molar-refractivity contribution in [1.29, 1.82) is 5.26 Å². The van der Waals surface area contributed by atoms with Crippen LogP contribution in [0.2, 0.25) is 0 Å². The molecule has 0 bridgehead atoms. The number of hydrogen-bond donors (Lipinski definition) is 1. The number of aromatic amines is 1. The molecule has 0 fully saturated rings. The lowest BCUT2D eigenvalue weighted by atomic mass is 10.1. The molecule has 3 aromatic rings. The van der Waals surface area contributed by atoms with Crippen LogP contribution in [0.5, 0.6) is 0 Å². The fraction of sp³-hybridized carbons (Fsp3) is 0.0667. The topological polar surface area (TPSA) is 65.6 Å². The van der Waals surface area contributed by atoms with E-state index in [4.69, 9.17) is 4.42 Å². The second-order valence-electron chi connectivity index (χ2n) is 4.24. The van der Waals surface area contributed by atoms with E-state index in [0.717, 1.165) is 28.3 Å². The second-order valence-corrected chi connectivity index (χ2v) is 4.24. The van der Waals surface area contributed by atoms with Gasteiger partial charge in [0.15, 0.2) is 5.76 Å². The maximum absolute atomic E-state index is 9.21. The predicted octanol–water partition coefficient (Wildman–Crippen LogP) is 3.52. The van der Waals surface area contributed by atoms with Gasteiger partial charge in [-0.1, -0.05) is 6.07 Å². The van der Waals surface area contributed by atoms with E-state index < -0.39 is 0 Å². The van der Waals surface area contributed by atoms with E-state index >= 15 is 0 Å². The molecular formula is C15H11N3O. The highest BCUT2D eigenvalue weighted by Crippen LogP contribution is 2.29. The highest BCUT2D eigenvalue weighted by atomic mass is 16.3. The van der Waals surface area contributed by atoms with Gasteiger partial charge in [0, 0.05) is 23.5 Å². The van der Waals surface area contributed by atoms with Gasteiger partial charge in [-0.05, 0) is 31.2 Å². The van der Waals surface area contributed by atoms with Gasteiger partial charge >= 0.3 is 0 Å². The Balaban J connectivity index is 2.12. The molecular weight excluding hydrogens is 238 g/mol. The average Bonchev–Trinajstić information content (AvgIpc) is 3.05. The minimum absolute atomic E-state index is 0.511. The molecule has 4 nitrogen and oxygen atoms in total. The van der Waals surface area contributed by atoms with Crippen LogP contribution in [-0.2, 0) is 0 Å². The van der Waals surface area contributed by atoms with Crippen LogP contribution in [0.3, 0.4) is 0 Å². The zero-order chi connectivity index (χ0) is 13.2. The summed E-state index contributed by atoms with van der Waals surface area (Å²) in [4.78, 5) is 7.15. The number of nitriles is 1. The van der Waals surface area contributed by atoms with Gasteiger partial charge in [0.25, 0.3) is 0 Å². The number of hydrogen-bond acceptors (Lipinski definition) is 3. The highest BCUT2D eigenvalue weighted by molar-refractivity contribution is 5.74. The van der Waals surface area contributed by atoms with Crippen molar-refractivity contribution in [1.82, 2.24) is 9.97 Å². The lowest BCUT2D eigenvalue weighted by Gasteiger charge is -1.95. The molecule has 0 aromatic carbocycles. The van der Waals surface area contributed by atoms with Crippen molar-refractivity contribution in [2.24, 2.45) is 0 Å². The quantitative estimate of drug-likeness (QED) is 0.755. The van der Waals surface area contributed by atoms with Gasteiger partial charge < -0.3 is 9.40 Å². The number of H-pyrrole nitrogens is 1. The Kier molecular flexibility index (Phi) is 2.66. The highest BCUT2D eigenvalue weighted by Gasteiger charge is 2.13. The Bertz CT molecular complexity index is 747. The second kappa shape index (κ2) is 4.46. The maximum atomic E-state index is 9.21. The van der Waals surface area contributed by atoms with Crippen LogP contribution in [-0.4, -0.2) is 9.97 Å². The summed E-state index contributed by atoms with van der Waals surface area (Å²) < 4.78 is 5.56. The number of nitrogens with zero attached hydrogens (tertiary/aromatic N) is 2. The molecule has 0 aliphatic heterocycles. The number of nitrogens with one attached hydrogen (secondary N) is 1. The normalized spacial score (nSPS) is 10.3. The maximum Gasteiger partial charge on any atom is 0.150 e. The summed E-state index contributed by atoms with van der Waals surface area (Å²) in [5, 5.41) is 9.21. The fourth-order valence-electron chi connectivity index (χ4n) is 2.00. The zero-order valence-electron chi connectivity index (χ0n) is 10.3. The summed E-state index contributed by atoms with van der Waals surface area (Å²) in [6.07, 6.45) is 3.44. The number of pyridine rings is 1. The van der Waals surface area contributed by atoms with Crippen molar-refractivity contribution < 1.29 is 4.42 Å². The van der Waals surface area contributed by atoms with Crippen LogP contribution in [0.4, 0.5) is 0 Å². The molecule has 3 aromatic heterocycles. The largest absolute Gasteiger partial charge is 0.460 e. The molecule has 0 spiro atoms. The average molecular weight is 249 g/mol. The minimum atomic E-state index is 0.511. The fourth-order valence-corrected chi connectivity index (χ4v) is 2.00. The SMILES string of the molecule is Cc1ccc(-c2cc(-c3cccnc3)c(C#N)[nH]2)o1. The molecule has 19 heavy (non-hydrogen) atoms. The van der Waals surface area contributed by atoms with E-state index in [-0.39, 0.29) is 0 Å². The van der Waals surface area contributed by atoms with E-state index in [1.54, 1.807) is 12.4 Å². The van der Waals surface area contributed by atoms with Crippen LogP contribution in [0.25, 0.3) is 22.6 Å². The first kappa shape index (κ1) is 11.3. The van der Waals surface area contributed by atoms with Crippen LogP contribution in [0, 0.1) is 18.3 Å². The third kappa shape index (κ3) is 2.02. The van der Waals surface area contributed by atoms with Gasteiger partial charge in [-0.3, -0.25) is 4.98 Å². The van der Waals surface area contributed by atoms with Crippen molar-refractivity contribution in [3.05, 3.63) is 54.2 Å². The number of rotatable bonds is 2. The summed E-state index contributed by atoms with van der Waals surface area (Å²) in [5.41, 5.74) is 3.05. The molecule has 0 atom stereocenters. The van der Waals surface area contributed by atoms with Gasteiger partial charge in [-0.2, -0.15) is 5.26 Å². The minimum Gasteiger partial charge on any atom is -0.460 e. The molecule has 1 N–H and O–H groups in total. The van der Waals surface area contributed by atoms with Crippen molar-refractivity contribution >= 4 is 0 Å². The van der Waals surface area contributed by atoms with E-state index in [9.17, 15) is 5.26 Å². The standard InChI is InChI=1S/C15H11N3O/c1-10-4-5-15(19-10)13-7-12(14(8-16)18-13)11-3-2-6-17-9-11/h2-7,9,18H,1H3. The monoisotopic (exact) mass is 249 g/mol. The number of furan rings is 1. The van der Waals surface area contributed by atoms with Crippen LogP contribution < -0.4 is 0 Å². The first-order chi connectivity index (χ1) is 9.28. The Morgan fingerprint density at radius 1 is 1.32 bits per heavy atom. The summed E-state index contributed by atoms with van der Waals surface area (Å²) in [6.45, 7) is 1.89. The summed E-state index contributed by atoms with van der Waals surface area (Å²) in [5.74, 6) is 1.56. The lowest BCUT2D eigenvalue weighted by molar-refractivity contribution is 0.547. The molecule has 0 amide bonds. The van der Waals surface area contributed by atoms with Gasteiger partial charge in [-0.25, -0.2) is 0 Å². The van der Waals surface area contributed by atoms with Crippen molar-refractivity contribution in [2.75, 3.05) is 0 Å². The molecule has 3 rings (SSSR count). The Hall–Kier alpha value is -2.80. The molecule has 0 radical (unpaired) electrons. The van der Waals surface area contributed by atoms with Crippen LogP contribution in [0.1, 0.15) is 11.5 Å². The summed E-state index contributed by atoms with van der Waals surface area (Å²) in [7, 11) is 0. The summed E-state index contributed by atoms with van der Waals surface area (Å²) >= 11 is 0. The van der Waals surface area contributed by atoms with Crippen LogP contribution >= 0.6 is 0 Å². The molecule has 0 unspecified atom stereocenters. The van der Waals surface area contributed by atoms with E-state index in [2.05, 4.69) is 16.0 Å². The van der Waals surface area contributed by atoms with Gasteiger partial charge in [-0.15, -0.1) is 0 Å². The third-order valence-corrected chi connectivity index (χ3v) is 2.91. The molecule has 0 saturated heterocycles. The number of aromatic nitrogens is 2. The van der Waals surface area contributed by atoms with Crippen molar-refractivity contribution in [2.45, 2.75) is 6.92 Å². The molecule has 0 aliphatic rings. The van der Waals surface area contributed by atoms with E-state index in [1.807, 2.05) is 37.3 Å². The van der Waals surface area contributed by atoms with Crippen LogP contribution in [0.15, 0.2) is 47.1 Å². The Morgan fingerprint density at radius 3 is 2.84 bits per heavy atom. The third-order valence-electron chi connectivity index (χ3n) is 2.91. The predicted molar refractivity (Wildman–Crippen MR) is 71.2 cm³/mol. The zero-order valence-corrected chi connectivity index (χ0v) is 10.3. The lowest BCUT2D eigenvalue weighted by Crippen LogP contribution is -1.80. The van der Waals surface area contributed by atoms with E-state index in [1.165, 1.54) is 0 Å². The van der Waals surface area contributed by atoms with Gasteiger partial charge in [0.2, 0.25) is 0 Å². The first-order valence-electron chi connectivity index (χ1n) is 5.88. The van der Waals surface area contributed by atoms with Gasteiger partial charge in [0.05, 0.1) is 5.69 Å². The summed E-state index contributed by atoms with van der Waals surface area (Å²) in [6, 6.07) is 11.6. The molecule has 3 heterocycles. The first-order valence-corrected chi connectivity index (χ1v) is 5.88. The van der Waals surface area contributed by atoms with Crippen molar-refractivity contribution in [3.8, 4) is 28.7 Å². The molecule has 0 aliphatic carbocycles. The van der Waals surface area contributed by atoms with Crippen molar-refractivity contribution in [3.63, 3.8) is 0 Å². The molecule has 92 valence electrons. The molecule has 4 heteroatoms. The van der Waals surface area contributed by atoms with E-state index in [0.29, 0.717) is 5.69 Å². The molecule has 0 saturated carbocycles. The smallest absolute Gasteiger partial charge is 0.150 e. The van der Waals surface area contributed by atoms with Gasteiger partial charge in [0.1, 0.15) is 17.5 Å². The Morgan fingerprint density at radius 2 is 2.21 bits per heavy atom.